The Kier molecular flexibility index (Phi) is 5.20. The molecular formula is C20H28N6O. The lowest BCUT2D eigenvalue weighted by atomic mass is 9.87. The highest BCUT2D eigenvalue weighted by atomic mass is 16.1. The Morgan fingerprint density at radius 1 is 1.44 bits per heavy atom. The number of hydrogen-bond acceptors (Lipinski definition) is 5. The van der Waals surface area contributed by atoms with Crippen LogP contribution in [-0.4, -0.2) is 51.1 Å². The fraction of sp³-hybridized carbons (Fsp3) is 0.600. The number of nitriles is 1. The van der Waals surface area contributed by atoms with Gasteiger partial charge in [-0.15, -0.1) is 0 Å². The molecule has 2 aromatic rings. The Morgan fingerprint density at radius 2 is 2.19 bits per heavy atom. The number of rotatable bonds is 5. The summed E-state index contributed by atoms with van der Waals surface area (Å²) >= 11 is 0. The summed E-state index contributed by atoms with van der Waals surface area (Å²) in [5.74, 6) is 0.0723. The highest BCUT2D eigenvalue weighted by Crippen LogP contribution is 2.29. The minimum atomic E-state index is 0.0723. The van der Waals surface area contributed by atoms with E-state index in [4.69, 9.17) is 5.26 Å². The first-order valence-electron chi connectivity index (χ1n) is 9.52. The molecule has 144 valence electrons. The summed E-state index contributed by atoms with van der Waals surface area (Å²) in [4.78, 5) is 19.5. The zero-order valence-electron chi connectivity index (χ0n) is 16.8. The maximum atomic E-state index is 12.6. The second-order valence-electron chi connectivity index (χ2n) is 8.10. The maximum absolute atomic E-state index is 12.6. The van der Waals surface area contributed by atoms with E-state index in [-0.39, 0.29) is 17.4 Å². The van der Waals surface area contributed by atoms with Gasteiger partial charge in [-0.05, 0) is 37.8 Å². The monoisotopic (exact) mass is 368 g/mol. The second kappa shape index (κ2) is 7.28. The molecule has 3 rings (SSSR count). The summed E-state index contributed by atoms with van der Waals surface area (Å²) in [5.41, 5.74) is 3.93. The molecule has 1 saturated heterocycles. The van der Waals surface area contributed by atoms with Gasteiger partial charge in [0.25, 0.3) is 0 Å². The number of likely N-dealkylation sites (tertiary alicyclic amines) is 1. The highest BCUT2D eigenvalue weighted by molar-refractivity contribution is 5.76. The van der Waals surface area contributed by atoms with E-state index in [0.29, 0.717) is 24.1 Å². The van der Waals surface area contributed by atoms with Crippen molar-refractivity contribution in [2.75, 3.05) is 19.6 Å². The maximum Gasteiger partial charge on any atom is 0.220 e. The summed E-state index contributed by atoms with van der Waals surface area (Å²) in [7, 11) is 0. The number of aromatic nitrogens is 3. The van der Waals surface area contributed by atoms with Crippen LogP contribution in [0.2, 0.25) is 0 Å². The summed E-state index contributed by atoms with van der Waals surface area (Å²) in [6.45, 7) is 13.4. The average Bonchev–Trinajstić information content (AvgIpc) is 3.15. The molecule has 3 heterocycles. The quantitative estimate of drug-likeness (QED) is 0.872. The molecule has 0 aliphatic carbocycles. The van der Waals surface area contributed by atoms with Crippen molar-refractivity contribution in [1.29, 1.82) is 5.26 Å². The lowest BCUT2D eigenvalue weighted by molar-refractivity contribution is -0.122. The molecule has 0 bridgehead atoms. The highest BCUT2D eigenvalue weighted by Gasteiger charge is 2.39. The number of nitrogens with one attached hydrogen (secondary N) is 1. The molecule has 1 aliphatic heterocycles. The van der Waals surface area contributed by atoms with Crippen molar-refractivity contribution in [3.05, 3.63) is 28.7 Å². The molecule has 1 N–H and O–H groups in total. The summed E-state index contributed by atoms with van der Waals surface area (Å²) < 4.78 is 1.69. The van der Waals surface area contributed by atoms with Crippen molar-refractivity contribution in [2.24, 2.45) is 5.41 Å². The molecule has 7 heteroatoms. The molecule has 1 atom stereocenters. The second-order valence-corrected chi connectivity index (χ2v) is 8.10. The lowest BCUT2D eigenvalue weighted by Crippen LogP contribution is -2.44. The van der Waals surface area contributed by atoms with Gasteiger partial charge in [-0.1, -0.05) is 20.8 Å². The van der Waals surface area contributed by atoms with Crippen LogP contribution >= 0.6 is 0 Å². The number of carbonyl (C=O) groups is 1. The third kappa shape index (κ3) is 3.67. The zero-order chi connectivity index (χ0) is 19.8. The third-order valence-electron chi connectivity index (χ3n) is 5.73. The van der Waals surface area contributed by atoms with Crippen LogP contribution in [0.3, 0.4) is 0 Å². The minimum Gasteiger partial charge on any atom is -0.351 e. The van der Waals surface area contributed by atoms with Crippen LogP contribution < -0.4 is 5.32 Å². The number of fused-ring (bicyclic) bond motifs is 1. The lowest BCUT2D eigenvalue weighted by Gasteiger charge is -2.26. The van der Waals surface area contributed by atoms with Gasteiger partial charge in [-0.2, -0.15) is 10.4 Å². The van der Waals surface area contributed by atoms with Gasteiger partial charge in [-0.3, -0.25) is 4.79 Å². The number of aryl methyl sites for hydroxylation is 2. The molecule has 0 radical (unpaired) electrons. The number of nitrogens with zero attached hydrogens (tertiary/aromatic N) is 5. The van der Waals surface area contributed by atoms with Gasteiger partial charge >= 0.3 is 0 Å². The van der Waals surface area contributed by atoms with Crippen molar-refractivity contribution in [1.82, 2.24) is 24.8 Å². The van der Waals surface area contributed by atoms with Crippen LogP contribution in [0.15, 0.2) is 6.20 Å². The normalized spacial score (nSPS) is 19.3. The Labute approximate surface area is 160 Å². The predicted molar refractivity (Wildman–Crippen MR) is 103 cm³/mol. The van der Waals surface area contributed by atoms with Gasteiger partial charge in [-0.25, -0.2) is 9.50 Å². The molecular weight excluding hydrogens is 340 g/mol. The van der Waals surface area contributed by atoms with E-state index >= 15 is 0 Å². The first kappa shape index (κ1) is 19.3. The van der Waals surface area contributed by atoms with Crippen molar-refractivity contribution >= 4 is 11.6 Å². The Bertz CT molecular complexity index is 907. The van der Waals surface area contributed by atoms with Crippen molar-refractivity contribution in [3.8, 4) is 6.07 Å². The first-order valence-corrected chi connectivity index (χ1v) is 9.52. The van der Waals surface area contributed by atoms with Gasteiger partial charge in [0, 0.05) is 36.9 Å². The van der Waals surface area contributed by atoms with Crippen LogP contribution in [-0.2, 0) is 11.2 Å². The summed E-state index contributed by atoms with van der Waals surface area (Å²) in [6.07, 6.45) is 2.56. The molecule has 0 spiro atoms. The van der Waals surface area contributed by atoms with E-state index < -0.39 is 0 Å². The molecule has 1 unspecified atom stereocenters. The Hall–Kier alpha value is -2.46. The topological polar surface area (TPSA) is 86.3 Å². The molecule has 1 aliphatic rings. The van der Waals surface area contributed by atoms with E-state index in [1.54, 1.807) is 4.52 Å². The van der Waals surface area contributed by atoms with Crippen LogP contribution in [0.4, 0.5) is 0 Å². The van der Waals surface area contributed by atoms with E-state index in [0.717, 1.165) is 36.6 Å². The molecule has 7 nitrogen and oxygen atoms in total. The van der Waals surface area contributed by atoms with Gasteiger partial charge in [0.05, 0.1) is 6.20 Å². The summed E-state index contributed by atoms with van der Waals surface area (Å²) in [5, 5.41) is 16.7. The smallest absolute Gasteiger partial charge is 0.220 e. The van der Waals surface area contributed by atoms with Gasteiger partial charge in [0.15, 0.2) is 5.65 Å². The number of likely N-dealkylation sites (N-methyl/N-ethyl adjacent to an activating group) is 1. The molecule has 1 fully saturated rings. The van der Waals surface area contributed by atoms with Gasteiger partial charge in [0.1, 0.15) is 11.6 Å². The largest absolute Gasteiger partial charge is 0.351 e. The van der Waals surface area contributed by atoms with Gasteiger partial charge in [0.2, 0.25) is 5.91 Å². The SMILES string of the molecule is CCN1CC(NC(=O)CCc2c(C)nc3c(C#N)cnn3c2C)C(C)(C)C1. The van der Waals surface area contributed by atoms with E-state index in [9.17, 15) is 4.79 Å². The molecule has 1 amide bonds. The Morgan fingerprint density at radius 3 is 2.81 bits per heavy atom. The average molecular weight is 368 g/mol. The Balaban J connectivity index is 1.70. The van der Waals surface area contributed by atoms with Crippen LogP contribution in [0.1, 0.15) is 49.7 Å². The van der Waals surface area contributed by atoms with Crippen LogP contribution in [0, 0.1) is 30.6 Å². The number of carbonyl (C=O) groups excluding carboxylic acids is 1. The van der Waals surface area contributed by atoms with Crippen molar-refractivity contribution in [2.45, 2.75) is 53.5 Å². The zero-order valence-corrected chi connectivity index (χ0v) is 16.8. The van der Waals surface area contributed by atoms with Gasteiger partial charge < -0.3 is 10.2 Å². The number of amides is 1. The van der Waals surface area contributed by atoms with E-state index in [2.05, 4.69) is 47.1 Å². The molecule has 0 aromatic carbocycles. The minimum absolute atomic E-state index is 0.0723. The molecule has 2 aromatic heterocycles. The number of hydrogen-bond donors (Lipinski definition) is 1. The fourth-order valence-corrected chi connectivity index (χ4v) is 3.99. The third-order valence-corrected chi connectivity index (χ3v) is 5.73. The van der Waals surface area contributed by atoms with E-state index in [1.165, 1.54) is 6.20 Å². The van der Waals surface area contributed by atoms with Crippen molar-refractivity contribution < 1.29 is 4.79 Å². The first-order chi connectivity index (χ1) is 12.8. The van der Waals surface area contributed by atoms with Crippen molar-refractivity contribution in [3.63, 3.8) is 0 Å². The summed E-state index contributed by atoms with van der Waals surface area (Å²) in [6, 6.07) is 2.29. The standard InChI is InChI=1S/C20H28N6O/c1-6-25-11-17(20(4,5)12-25)24-18(27)8-7-16-13(2)23-19-15(9-21)10-22-26(19)14(16)3/h10,17H,6-8,11-12H2,1-5H3,(H,24,27). The predicted octanol–water partition coefficient (Wildman–Crippen LogP) is 2.00. The fourth-order valence-electron chi connectivity index (χ4n) is 3.99. The molecule has 0 saturated carbocycles. The van der Waals surface area contributed by atoms with Crippen LogP contribution in [0.25, 0.3) is 5.65 Å². The van der Waals surface area contributed by atoms with E-state index in [1.807, 2.05) is 13.8 Å². The molecule has 27 heavy (non-hydrogen) atoms. The van der Waals surface area contributed by atoms with Crippen LogP contribution in [0.5, 0.6) is 0 Å².